The lowest BCUT2D eigenvalue weighted by Crippen LogP contribution is -2.19. The van der Waals surface area contributed by atoms with Crippen molar-refractivity contribution >= 4 is 43.6 Å². The van der Waals surface area contributed by atoms with Crippen molar-refractivity contribution in [1.29, 1.82) is 0 Å². The minimum Gasteiger partial charge on any atom is -0.439 e. The van der Waals surface area contributed by atoms with Crippen LogP contribution in [0.4, 0.5) is 4.79 Å². The van der Waals surface area contributed by atoms with Crippen molar-refractivity contribution < 1.29 is 9.53 Å². The van der Waals surface area contributed by atoms with Crippen LogP contribution in [0.3, 0.4) is 0 Å². The van der Waals surface area contributed by atoms with Gasteiger partial charge in [0.05, 0.1) is 9.30 Å². The molecule has 0 bridgehead atoms. The minimum absolute atomic E-state index is 0.263. The van der Waals surface area contributed by atoms with Crippen molar-refractivity contribution in [2.45, 2.75) is 13.0 Å². The van der Waals surface area contributed by atoms with Gasteiger partial charge in [-0.25, -0.2) is 9.78 Å². The average molecular weight is 318 g/mol. The summed E-state index contributed by atoms with van der Waals surface area (Å²) in [4.78, 5) is 29.1. The molecule has 0 fully saturated rings. The maximum Gasteiger partial charge on any atom is 0.405 e. The zero-order valence-corrected chi connectivity index (χ0v) is 11.1. The summed E-state index contributed by atoms with van der Waals surface area (Å²) in [5.41, 5.74) is 5.19. The number of fused-ring (bicyclic) bond motifs is 1. The van der Waals surface area contributed by atoms with Crippen molar-refractivity contribution in [3.05, 3.63) is 26.0 Å². The highest BCUT2D eigenvalue weighted by atomic mass is 79.9. The van der Waals surface area contributed by atoms with E-state index in [0.29, 0.717) is 10.2 Å². The van der Waals surface area contributed by atoms with Gasteiger partial charge in [-0.05, 0) is 28.9 Å². The zero-order chi connectivity index (χ0) is 12.6. The number of primary amides is 1. The van der Waals surface area contributed by atoms with E-state index in [1.54, 1.807) is 13.0 Å². The summed E-state index contributed by atoms with van der Waals surface area (Å²) in [6.45, 7) is 1.58. The van der Waals surface area contributed by atoms with Gasteiger partial charge in [0.25, 0.3) is 5.56 Å². The molecule has 0 saturated heterocycles. The number of nitrogens with two attached hydrogens (primary N) is 1. The molecule has 0 aliphatic rings. The van der Waals surface area contributed by atoms with Gasteiger partial charge in [0, 0.05) is 0 Å². The van der Waals surface area contributed by atoms with Gasteiger partial charge in [0.15, 0.2) is 11.9 Å². The topological polar surface area (TPSA) is 98.1 Å². The third-order valence-electron chi connectivity index (χ3n) is 2.05. The van der Waals surface area contributed by atoms with Crippen LogP contribution in [-0.2, 0) is 4.74 Å². The fraction of sp³-hybridized carbons (Fsp3) is 0.222. The summed E-state index contributed by atoms with van der Waals surface area (Å²) < 4.78 is 6.08. The van der Waals surface area contributed by atoms with E-state index >= 15 is 0 Å². The number of carbonyl (C=O) groups is 1. The second-order valence-corrected chi connectivity index (χ2v) is 5.73. The number of amides is 1. The maximum absolute atomic E-state index is 11.7. The number of hydrogen-bond acceptors (Lipinski definition) is 5. The van der Waals surface area contributed by atoms with Gasteiger partial charge in [0.1, 0.15) is 4.70 Å². The number of thiophene rings is 1. The lowest BCUT2D eigenvalue weighted by atomic mass is 10.3. The molecule has 2 aromatic heterocycles. The summed E-state index contributed by atoms with van der Waals surface area (Å²) in [7, 11) is 0. The van der Waals surface area contributed by atoms with Gasteiger partial charge < -0.3 is 15.5 Å². The summed E-state index contributed by atoms with van der Waals surface area (Å²) in [6, 6.07) is 1.73. The minimum atomic E-state index is -0.910. The number of nitrogens with zero attached hydrogens (tertiary/aromatic N) is 1. The van der Waals surface area contributed by atoms with Crippen LogP contribution >= 0.6 is 27.3 Å². The van der Waals surface area contributed by atoms with Gasteiger partial charge in [0.2, 0.25) is 0 Å². The normalized spacial score (nSPS) is 12.6. The van der Waals surface area contributed by atoms with E-state index in [9.17, 15) is 9.59 Å². The summed E-state index contributed by atoms with van der Waals surface area (Å²) >= 11 is 4.57. The molecule has 2 rings (SSSR count). The van der Waals surface area contributed by atoms with Gasteiger partial charge in [-0.1, -0.05) is 0 Å². The molecule has 0 radical (unpaired) electrons. The molecular formula is C9H8BrN3O3S. The van der Waals surface area contributed by atoms with E-state index < -0.39 is 12.2 Å². The Kier molecular flexibility index (Phi) is 3.16. The molecule has 2 heterocycles. The van der Waals surface area contributed by atoms with E-state index in [0.717, 1.165) is 3.79 Å². The third kappa shape index (κ3) is 2.47. The summed E-state index contributed by atoms with van der Waals surface area (Å²) in [5.74, 6) is 0.270. The van der Waals surface area contributed by atoms with Gasteiger partial charge in [-0.2, -0.15) is 0 Å². The number of nitrogens with one attached hydrogen (secondary N) is 1. The molecule has 0 unspecified atom stereocenters. The van der Waals surface area contributed by atoms with E-state index in [4.69, 9.17) is 10.5 Å². The van der Waals surface area contributed by atoms with Crippen molar-refractivity contribution in [3.8, 4) is 0 Å². The van der Waals surface area contributed by atoms with Crippen LogP contribution in [0.15, 0.2) is 14.6 Å². The first kappa shape index (κ1) is 12.1. The van der Waals surface area contributed by atoms with Crippen LogP contribution in [-0.4, -0.2) is 16.1 Å². The molecule has 0 aromatic carbocycles. The number of carbonyl (C=O) groups excluding carboxylic acids is 1. The molecule has 0 saturated carbocycles. The highest BCUT2D eigenvalue weighted by molar-refractivity contribution is 9.11. The lowest BCUT2D eigenvalue weighted by Gasteiger charge is -2.09. The van der Waals surface area contributed by atoms with Crippen molar-refractivity contribution in [1.82, 2.24) is 9.97 Å². The van der Waals surface area contributed by atoms with Gasteiger partial charge in [-0.15, -0.1) is 11.3 Å². The fourth-order valence-corrected chi connectivity index (χ4v) is 2.77. The summed E-state index contributed by atoms with van der Waals surface area (Å²) in [5, 5.41) is 0. The lowest BCUT2D eigenvalue weighted by molar-refractivity contribution is 0.112. The monoisotopic (exact) mass is 317 g/mol. The third-order valence-corrected chi connectivity index (χ3v) is 3.68. The average Bonchev–Trinajstić information content (AvgIpc) is 2.58. The second kappa shape index (κ2) is 4.46. The summed E-state index contributed by atoms with van der Waals surface area (Å²) in [6.07, 6.45) is -1.60. The number of rotatable bonds is 2. The van der Waals surface area contributed by atoms with Crippen LogP contribution < -0.4 is 11.3 Å². The molecule has 0 aliphatic heterocycles. The standard InChI is InChI=1S/C9H8BrN3O3S/c1-3(16-9(11)15)7-12-4-2-5(10)17-6(4)8(14)13-7/h2-3H,1H3,(H2,11,15)(H,12,13,14)/t3-/m0/s1. The Hall–Kier alpha value is -1.41. The Bertz CT molecular complexity index is 636. The molecule has 1 amide bonds. The predicted molar refractivity (Wildman–Crippen MR) is 67.0 cm³/mol. The van der Waals surface area contributed by atoms with Crippen LogP contribution in [0.1, 0.15) is 18.9 Å². The van der Waals surface area contributed by atoms with Crippen molar-refractivity contribution in [3.63, 3.8) is 0 Å². The largest absolute Gasteiger partial charge is 0.439 e. The Labute approximate surface area is 108 Å². The Morgan fingerprint density at radius 3 is 3.06 bits per heavy atom. The molecule has 17 heavy (non-hydrogen) atoms. The molecular weight excluding hydrogens is 310 g/mol. The number of ether oxygens (including phenoxy) is 1. The Morgan fingerprint density at radius 2 is 2.41 bits per heavy atom. The number of H-pyrrole nitrogens is 1. The molecule has 0 aliphatic carbocycles. The zero-order valence-electron chi connectivity index (χ0n) is 8.69. The van der Waals surface area contributed by atoms with Crippen LogP contribution in [0.5, 0.6) is 0 Å². The molecule has 90 valence electrons. The first-order valence-electron chi connectivity index (χ1n) is 4.62. The van der Waals surface area contributed by atoms with Crippen LogP contribution in [0.2, 0.25) is 0 Å². The van der Waals surface area contributed by atoms with E-state index in [2.05, 4.69) is 25.9 Å². The number of aromatic amines is 1. The molecule has 1 atom stereocenters. The number of aromatic nitrogens is 2. The molecule has 8 heteroatoms. The van der Waals surface area contributed by atoms with E-state index in [1.165, 1.54) is 11.3 Å². The second-order valence-electron chi connectivity index (χ2n) is 3.30. The quantitative estimate of drug-likeness (QED) is 0.883. The maximum atomic E-state index is 11.7. The van der Waals surface area contributed by atoms with Crippen LogP contribution in [0.25, 0.3) is 10.2 Å². The fourth-order valence-electron chi connectivity index (χ4n) is 1.35. The van der Waals surface area contributed by atoms with Gasteiger partial charge in [-0.3, -0.25) is 4.79 Å². The van der Waals surface area contributed by atoms with E-state index in [1.807, 2.05) is 0 Å². The van der Waals surface area contributed by atoms with E-state index in [-0.39, 0.29) is 11.4 Å². The predicted octanol–water partition coefficient (Wildman–Crippen LogP) is 1.90. The molecule has 0 spiro atoms. The Balaban J connectivity index is 2.49. The smallest absolute Gasteiger partial charge is 0.405 e. The highest BCUT2D eigenvalue weighted by Crippen LogP contribution is 2.26. The number of halogens is 1. The van der Waals surface area contributed by atoms with Crippen molar-refractivity contribution in [2.24, 2.45) is 5.73 Å². The first-order valence-corrected chi connectivity index (χ1v) is 6.23. The molecule has 2 aromatic rings. The molecule has 3 N–H and O–H groups in total. The van der Waals surface area contributed by atoms with Crippen molar-refractivity contribution in [2.75, 3.05) is 0 Å². The Morgan fingerprint density at radius 1 is 1.71 bits per heavy atom. The van der Waals surface area contributed by atoms with Crippen LogP contribution in [0, 0.1) is 0 Å². The number of hydrogen-bond donors (Lipinski definition) is 2. The molecule has 6 nitrogen and oxygen atoms in total. The van der Waals surface area contributed by atoms with Gasteiger partial charge >= 0.3 is 6.09 Å². The first-order chi connectivity index (χ1) is 7.97. The SMILES string of the molecule is C[C@H](OC(N)=O)c1nc2cc(Br)sc2c(=O)[nH]1. The highest BCUT2D eigenvalue weighted by Gasteiger charge is 2.15.